The minimum atomic E-state index is -0.844. The largest absolute Gasteiger partial charge is 0.465 e. The second-order valence-corrected chi connectivity index (χ2v) is 6.40. The first kappa shape index (κ1) is 14.8. The zero-order chi connectivity index (χ0) is 16.8. The molecule has 24 heavy (non-hydrogen) atoms. The van der Waals surface area contributed by atoms with Crippen LogP contribution in [0.1, 0.15) is 12.8 Å². The van der Waals surface area contributed by atoms with Crippen LogP contribution in [0.15, 0.2) is 24.3 Å². The lowest BCUT2D eigenvalue weighted by atomic mass is 10.2. The number of carboxylic acid groups (broad SMARTS) is 1. The van der Waals surface area contributed by atoms with E-state index < -0.39 is 12.1 Å². The Bertz CT molecular complexity index is 705. The predicted octanol–water partition coefficient (Wildman–Crippen LogP) is 1.07. The molecule has 3 fully saturated rings. The molecular formula is C16H18N4O4. The summed E-state index contributed by atoms with van der Waals surface area (Å²) in [6.07, 6.45) is 0.321. The number of nitrogens with one attached hydrogen (secondary N) is 1. The summed E-state index contributed by atoms with van der Waals surface area (Å²) in [5.41, 5.74) is 1.78. The Labute approximate surface area is 138 Å². The minimum Gasteiger partial charge on any atom is -0.465 e. The first-order valence-electron chi connectivity index (χ1n) is 8.00. The normalized spacial score (nSPS) is 26.1. The van der Waals surface area contributed by atoms with Gasteiger partial charge in [-0.3, -0.25) is 15.0 Å². The van der Waals surface area contributed by atoms with Crippen LogP contribution in [0.2, 0.25) is 0 Å². The second-order valence-electron chi connectivity index (χ2n) is 6.40. The Morgan fingerprint density at radius 3 is 2.38 bits per heavy atom. The molecule has 0 unspecified atom stereocenters. The van der Waals surface area contributed by atoms with Crippen LogP contribution < -0.4 is 15.1 Å². The Kier molecular flexibility index (Phi) is 3.33. The number of anilines is 2. The van der Waals surface area contributed by atoms with Gasteiger partial charge in [-0.25, -0.2) is 9.59 Å². The maximum Gasteiger partial charge on any atom is 0.407 e. The number of urea groups is 1. The van der Waals surface area contributed by atoms with E-state index >= 15 is 0 Å². The van der Waals surface area contributed by atoms with Crippen molar-refractivity contribution in [3.05, 3.63) is 24.3 Å². The van der Waals surface area contributed by atoms with E-state index in [1.165, 1.54) is 4.90 Å². The molecule has 1 aromatic rings. The SMILES string of the molecule is O=C1CCN(c2ccc(N3C[C@H]4C[C@@H]3CN4C(=O)O)cc2)C(=O)N1. The van der Waals surface area contributed by atoms with Gasteiger partial charge in [0, 0.05) is 43.5 Å². The molecule has 0 saturated carbocycles. The molecule has 8 nitrogen and oxygen atoms in total. The first-order chi connectivity index (χ1) is 11.5. The molecule has 0 aliphatic carbocycles. The molecule has 0 spiro atoms. The summed E-state index contributed by atoms with van der Waals surface area (Å²) in [5, 5.41) is 11.5. The lowest BCUT2D eigenvalue weighted by molar-refractivity contribution is -0.120. The fourth-order valence-corrected chi connectivity index (χ4v) is 3.85. The Morgan fingerprint density at radius 2 is 1.79 bits per heavy atom. The molecule has 0 radical (unpaired) electrons. The summed E-state index contributed by atoms with van der Waals surface area (Å²) in [6, 6.07) is 7.52. The summed E-state index contributed by atoms with van der Waals surface area (Å²) >= 11 is 0. The van der Waals surface area contributed by atoms with Crippen molar-refractivity contribution >= 4 is 29.4 Å². The number of likely N-dealkylation sites (tertiary alicyclic amines) is 1. The van der Waals surface area contributed by atoms with Crippen LogP contribution in [-0.4, -0.2) is 59.8 Å². The number of carbonyl (C=O) groups excluding carboxylic acids is 2. The van der Waals surface area contributed by atoms with E-state index in [1.54, 1.807) is 4.90 Å². The quantitative estimate of drug-likeness (QED) is 0.846. The van der Waals surface area contributed by atoms with Gasteiger partial charge in [0.15, 0.2) is 0 Å². The molecule has 2 N–H and O–H groups in total. The maximum absolute atomic E-state index is 11.9. The van der Waals surface area contributed by atoms with E-state index in [2.05, 4.69) is 10.2 Å². The average Bonchev–Trinajstić information content (AvgIpc) is 3.15. The molecule has 3 saturated heterocycles. The highest BCUT2D eigenvalue weighted by atomic mass is 16.4. The fraction of sp³-hybridized carbons (Fsp3) is 0.438. The molecule has 3 aliphatic heterocycles. The van der Waals surface area contributed by atoms with E-state index in [0.717, 1.165) is 17.8 Å². The summed E-state index contributed by atoms with van der Waals surface area (Å²) < 4.78 is 0. The van der Waals surface area contributed by atoms with Crippen LogP contribution in [0, 0.1) is 0 Å². The van der Waals surface area contributed by atoms with E-state index in [-0.39, 0.29) is 18.0 Å². The van der Waals surface area contributed by atoms with Gasteiger partial charge in [-0.1, -0.05) is 0 Å². The third-order valence-corrected chi connectivity index (χ3v) is 5.03. The van der Waals surface area contributed by atoms with Gasteiger partial charge in [-0.05, 0) is 30.7 Å². The van der Waals surface area contributed by atoms with E-state index in [1.807, 2.05) is 24.3 Å². The number of piperazine rings is 1. The van der Waals surface area contributed by atoms with Crippen molar-refractivity contribution in [2.45, 2.75) is 24.9 Å². The number of nitrogens with zero attached hydrogens (tertiary/aromatic N) is 3. The third-order valence-electron chi connectivity index (χ3n) is 5.03. The van der Waals surface area contributed by atoms with Gasteiger partial charge >= 0.3 is 12.1 Å². The summed E-state index contributed by atoms with van der Waals surface area (Å²) in [5.74, 6) is -0.246. The Morgan fingerprint density at radius 1 is 1.08 bits per heavy atom. The van der Waals surface area contributed by atoms with Crippen LogP contribution in [0.4, 0.5) is 21.0 Å². The Hall–Kier alpha value is -2.77. The van der Waals surface area contributed by atoms with Gasteiger partial charge in [0.2, 0.25) is 5.91 Å². The molecule has 4 amide bonds. The smallest absolute Gasteiger partial charge is 0.407 e. The van der Waals surface area contributed by atoms with Gasteiger partial charge in [0.1, 0.15) is 0 Å². The van der Waals surface area contributed by atoms with Crippen molar-refractivity contribution in [1.29, 1.82) is 0 Å². The molecule has 8 heteroatoms. The summed E-state index contributed by atoms with van der Waals surface area (Å²) in [6.45, 7) is 1.62. The lowest BCUT2D eigenvalue weighted by Gasteiger charge is -2.34. The van der Waals surface area contributed by atoms with Crippen LogP contribution in [0.3, 0.4) is 0 Å². The Balaban J connectivity index is 1.47. The van der Waals surface area contributed by atoms with E-state index in [0.29, 0.717) is 26.1 Å². The number of benzene rings is 1. The van der Waals surface area contributed by atoms with Gasteiger partial charge in [-0.15, -0.1) is 0 Å². The van der Waals surface area contributed by atoms with Crippen LogP contribution in [0.5, 0.6) is 0 Å². The molecule has 2 atom stereocenters. The molecule has 4 rings (SSSR count). The van der Waals surface area contributed by atoms with Gasteiger partial charge in [-0.2, -0.15) is 0 Å². The van der Waals surface area contributed by atoms with Crippen molar-refractivity contribution in [2.75, 3.05) is 29.4 Å². The van der Waals surface area contributed by atoms with Gasteiger partial charge in [0.05, 0.1) is 6.04 Å². The topological polar surface area (TPSA) is 93.2 Å². The van der Waals surface area contributed by atoms with E-state index in [9.17, 15) is 14.4 Å². The number of hydrogen-bond acceptors (Lipinski definition) is 4. The number of amides is 4. The minimum absolute atomic E-state index is 0.0612. The van der Waals surface area contributed by atoms with Crippen LogP contribution in [0.25, 0.3) is 0 Å². The van der Waals surface area contributed by atoms with Crippen LogP contribution in [-0.2, 0) is 4.79 Å². The summed E-state index contributed by atoms with van der Waals surface area (Å²) in [7, 11) is 0. The lowest BCUT2D eigenvalue weighted by Crippen LogP contribution is -2.49. The number of imide groups is 1. The highest BCUT2D eigenvalue weighted by molar-refractivity contribution is 6.05. The zero-order valence-corrected chi connectivity index (χ0v) is 13.0. The van der Waals surface area contributed by atoms with Gasteiger partial charge in [0.25, 0.3) is 0 Å². The average molecular weight is 330 g/mol. The molecule has 126 valence electrons. The van der Waals surface area contributed by atoms with Gasteiger partial charge < -0.3 is 14.9 Å². The number of rotatable bonds is 2. The van der Waals surface area contributed by atoms with Crippen LogP contribution >= 0.6 is 0 Å². The highest BCUT2D eigenvalue weighted by Crippen LogP contribution is 2.35. The molecule has 0 aromatic heterocycles. The number of fused-ring (bicyclic) bond motifs is 2. The maximum atomic E-state index is 11.9. The standard InChI is InChI=1S/C16H18N4O4/c21-14-5-6-18(15(22)17-14)10-1-3-11(4-2-10)19-8-13-7-12(19)9-20(13)16(23)24/h1-4,12-13H,5-9H2,(H,23,24)(H,17,21,22)/t12-,13-/m1/s1. The van der Waals surface area contributed by atoms with Crippen molar-refractivity contribution in [3.8, 4) is 0 Å². The monoisotopic (exact) mass is 330 g/mol. The molecular weight excluding hydrogens is 312 g/mol. The van der Waals surface area contributed by atoms with Crippen molar-refractivity contribution in [1.82, 2.24) is 10.2 Å². The van der Waals surface area contributed by atoms with E-state index in [4.69, 9.17) is 5.11 Å². The van der Waals surface area contributed by atoms with Crippen molar-refractivity contribution in [2.24, 2.45) is 0 Å². The zero-order valence-electron chi connectivity index (χ0n) is 13.0. The first-order valence-corrected chi connectivity index (χ1v) is 8.00. The molecule has 1 aromatic carbocycles. The highest BCUT2D eigenvalue weighted by Gasteiger charge is 2.45. The fourth-order valence-electron chi connectivity index (χ4n) is 3.85. The third kappa shape index (κ3) is 2.34. The molecule has 3 aliphatic rings. The number of hydrogen-bond donors (Lipinski definition) is 2. The summed E-state index contributed by atoms with van der Waals surface area (Å²) in [4.78, 5) is 39.5. The number of carbonyl (C=O) groups is 3. The predicted molar refractivity (Wildman–Crippen MR) is 86.2 cm³/mol. The molecule has 2 bridgehead atoms. The van der Waals surface area contributed by atoms with Crippen molar-refractivity contribution in [3.63, 3.8) is 0 Å². The second kappa shape index (κ2) is 5.40. The van der Waals surface area contributed by atoms with Crippen molar-refractivity contribution < 1.29 is 19.5 Å². The molecule has 3 heterocycles.